The average molecular weight is 550 g/mol. The van der Waals surface area contributed by atoms with E-state index in [-0.39, 0.29) is 17.7 Å². The van der Waals surface area contributed by atoms with Gasteiger partial charge in [-0.1, -0.05) is 0 Å². The number of nitrogens with two attached hydrogens (primary N) is 1. The summed E-state index contributed by atoms with van der Waals surface area (Å²) in [5, 5.41) is 4.39. The van der Waals surface area contributed by atoms with Gasteiger partial charge in [0.15, 0.2) is 5.69 Å². The van der Waals surface area contributed by atoms with Crippen LogP contribution < -0.4 is 20.1 Å². The third-order valence-electron chi connectivity index (χ3n) is 6.33. The third-order valence-corrected chi connectivity index (χ3v) is 6.33. The van der Waals surface area contributed by atoms with Gasteiger partial charge in [-0.25, -0.2) is 9.48 Å². The first-order valence-electron chi connectivity index (χ1n) is 13.0. The van der Waals surface area contributed by atoms with Gasteiger partial charge in [-0.3, -0.25) is 9.59 Å². The molecule has 0 unspecified atom stereocenters. The monoisotopic (exact) mass is 549 g/mol. The fraction of sp³-hybridized carbons (Fsp3) is 0.379. The Labute approximate surface area is 233 Å². The van der Waals surface area contributed by atoms with E-state index in [4.69, 9.17) is 19.9 Å². The number of benzene rings is 2. The Morgan fingerprint density at radius 1 is 1.02 bits per heavy atom. The Hall–Kier alpha value is -4.54. The first-order chi connectivity index (χ1) is 19.0. The Morgan fingerprint density at radius 3 is 2.25 bits per heavy atom. The van der Waals surface area contributed by atoms with E-state index in [0.29, 0.717) is 66.7 Å². The van der Waals surface area contributed by atoms with Gasteiger partial charge in [-0.15, -0.1) is 0 Å². The molecule has 11 heteroatoms. The van der Waals surface area contributed by atoms with Crippen LogP contribution >= 0.6 is 0 Å². The molecule has 0 bridgehead atoms. The predicted octanol–water partition coefficient (Wildman–Crippen LogP) is 3.82. The summed E-state index contributed by atoms with van der Waals surface area (Å²) in [6.45, 7) is 6.76. The Balaban J connectivity index is 1.43. The second-order valence-corrected chi connectivity index (χ2v) is 10.5. The smallest absolute Gasteiger partial charge is 0.410 e. The Kier molecular flexibility index (Phi) is 8.32. The number of ether oxygens (including phenoxy) is 3. The molecule has 0 spiro atoms. The highest BCUT2D eigenvalue weighted by atomic mass is 16.6. The highest BCUT2D eigenvalue weighted by molar-refractivity contribution is 6.09. The highest BCUT2D eigenvalue weighted by Gasteiger charge is 2.34. The van der Waals surface area contributed by atoms with Crippen molar-refractivity contribution in [2.75, 3.05) is 38.8 Å². The minimum absolute atomic E-state index is 0.0971. The van der Waals surface area contributed by atoms with Gasteiger partial charge in [0.2, 0.25) is 0 Å². The molecular formula is C29H35N5O6. The molecule has 1 aliphatic heterocycles. The molecule has 2 aromatic carbocycles. The van der Waals surface area contributed by atoms with Crippen LogP contribution in [0.3, 0.4) is 0 Å². The predicted molar refractivity (Wildman–Crippen MR) is 149 cm³/mol. The van der Waals surface area contributed by atoms with Crippen LogP contribution in [-0.4, -0.2) is 72.0 Å². The van der Waals surface area contributed by atoms with Gasteiger partial charge in [0.25, 0.3) is 11.8 Å². The molecular weight excluding hydrogens is 514 g/mol. The van der Waals surface area contributed by atoms with Gasteiger partial charge in [0.05, 0.1) is 19.4 Å². The van der Waals surface area contributed by atoms with Gasteiger partial charge < -0.3 is 29.7 Å². The van der Waals surface area contributed by atoms with E-state index in [1.165, 1.54) is 9.58 Å². The lowest BCUT2D eigenvalue weighted by molar-refractivity contribution is 0.0292. The fourth-order valence-electron chi connectivity index (χ4n) is 4.36. The number of rotatable bonds is 9. The van der Waals surface area contributed by atoms with Crippen LogP contribution in [-0.2, 0) is 11.2 Å². The van der Waals surface area contributed by atoms with Crippen LogP contribution in [0.4, 0.5) is 10.5 Å². The van der Waals surface area contributed by atoms with Crippen molar-refractivity contribution in [1.82, 2.24) is 14.7 Å². The van der Waals surface area contributed by atoms with Crippen molar-refractivity contribution in [2.24, 2.45) is 5.73 Å². The van der Waals surface area contributed by atoms with Crippen molar-refractivity contribution < 1.29 is 28.6 Å². The van der Waals surface area contributed by atoms with Crippen LogP contribution in [0.5, 0.6) is 11.5 Å². The second kappa shape index (κ2) is 11.7. The summed E-state index contributed by atoms with van der Waals surface area (Å²) in [5.41, 5.74) is 7.29. The number of aromatic nitrogens is 2. The van der Waals surface area contributed by atoms with Crippen molar-refractivity contribution in [3.05, 3.63) is 65.5 Å². The molecule has 0 fully saturated rings. The summed E-state index contributed by atoms with van der Waals surface area (Å²) < 4.78 is 17.9. The molecule has 3 amide bonds. The van der Waals surface area contributed by atoms with Crippen molar-refractivity contribution in [3.63, 3.8) is 0 Å². The molecule has 0 radical (unpaired) electrons. The molecule has 0 aliphatic carbocycles. The van der Waals surface area contributed by atoms with Crippen molar-refractivity contribution in [3.8, 4) is 17.2 Å². The van der Waals surface area contributed by atoms with Crippen molar-refractivity contribution >= 4 is 23.6 Å². The van der Waals surface area contributed by atoms with Gasteiger partial charge in [-0.05, 0) is 82.1 Å². The largest absolute Gasteiger partial charge is 0.497 e. The summed E-state index contributed by atoms with van der Waals surface area (Å²) in [5.74, 6) is 0.345. The van der Waals surface area contributed by atoms with E-state index >= 15 is 0 Å². The van der Waals surface area contributed by atoms with Gasteiger partial charge in [0.1, 0.15) is 22.8 Å². The lowest BCUT2D eigenvalue weighted by atomic mass is 10.0. The van der Waals surface area contributed by atoms with Crippen LogP contribution in [0.2, 0.25) is 0 Å². The zero-order valence-corrected chi connectivity index (χ0v) is 23.5. The Morgan fingerprint density at radius 2 is 1.65 bits per heavy atom. The number of anilines is 1. The molecule has 1 aliphatic rings. The molecule has 0 atom stereocenters. The van der Waals surface area contributed by atoms with Crippen molar-refractivity contribution in [2.45, 2.75) is 39.2 Å². The number of methoxy groups -OCH3 is 1. The molecule has 3 aromatic rings. The summed E-state index contributed by atoms with van der Waals surface area (Å²) in [6.07, 6.45) is 0.684. The first-order valence-corrected chi connectivity index (χ1v) is 13.0. The SMILES string of the molecule is COc1ccc(-n2nc(C(N)=O)c3c2C(=O)N(c2ccc(OCCCN(C)C(=O)OC(C)(C)C)cc2)CC3)cc1. The summed E-state index contributed by atoms with van der Waals surface area (Å²) in [7, 11) is 3.26. The molecule has 0 saturated carbocycles. The molecule has 1 aromatic heterocycles. The Bertz CT molecular complexity index is 1380. The number of fused-ring (bicyclic) bond motifs is 1. The summed E-state index contributed by atoms with van der Waals surface area (Å²) in [4.78, 5) is 41.0. The number of amides is 3. The zero-order valence-electron chi connectivity index (χ0n) is 23.5. The molecule has 11 nitrogen and oxygen atoms in total. The van der Waals surface area contributed by atoms with Crippen LogP contribution in [0, 0.1) is 0 Å². The lowest BCUT2D eigenvalue weighted by Crippen LogP contribution is -2.39. The molecule has 4 rings (SSSR count). The standard InChI is InChI=1S/C29H35N5O6/c1-29(2,3)40-28(37)32(4)16-6-18-39-22-13-7-19(8-14-22)33-17-15-23-24(26(30)35)31-34(25(23)27(33)36)20-9-11-21(38-5)12-10-20/h7-14H,6,15-18H2,1-5H3,(H2,30,35). The number of hydrogen-bond donors (Lipinski definition) is 1. The van der Waals surface area contributed by atoms with Gasteiger partial charge >= 0.3 is 6.09 Å². The summed E-state index contributed by atoms with van der Waals surface area (Å²) in [6, 6.07) is 14.3. The van der Waals surface area contributed by atoms with E-state index in [1.54, 1.807) is 55.5 Å². The van der Waals surface area contributed by atoms with E-state index in [0.717, 1.165) is 0 Å². The number of carbonyl (C=O) groups excluding carboxylic acids is 3. The number of hydrogen-bond acceptors (Lipinski definition) is 7. The zero-order chi connectivity index (χ0) is 29.0. The maximum atomic E-state index is 13.7. The third kappa shape index (κ3) is 6.36. The molecule has 0 saturated heterocycles. The van der Waals surface area contributed by atoms with Crippen LogP contribution in [0.15, 0.2) is 48.5 Å². The first kappa shape index (κ1) is 28.5. The normalized spacial score (nSPS) is 13.0. The highest BCUT2D eigenvalue weighted by Crippen LogP contribution is 2.30. The molecule has 2 N–H and O–H groups in total. The van der Waals surface area contributed by atoms with E-state index < -0.39 is 11.5 Å². The second-order valence-electron chi connectivity index (χ2n) is 10.5. The van der Waals surface area contributed by atoms with Crippen LogP contribution in [0.25, 0.3) is 5.69 Å². The molecule has 2 heterocycles. The van der Waals surface area contributed by atoms with Crippen LogP contribution in [0.1, 0.15) is 53.7 Å². The number of nitrogens with zero attached hydrogens (tertiary/aromatic N) is 4. The quantitative estimate of drug-likeness (QED) is 0.402. The minimum atomic E-state index is -0.677. The average Bonchev–Trinajstić information content (AvgIpc) is 3.32. The maximum Gasteiger partial charge on any atom is 0.410 e. The molecule has 40 heavy (non-hydrogen) atoms. The lowest BCUT2D eigenvalue weighted by Gasteiger charge is -2.28. The van der Waals surface area contributed by atoms with E-state index in [1.807, 2.05) is 32.9 Å². The van der Waals surface area contributed by atoms with E-state index in [2.05, 4.69) is 5.10 Å². The fourth-order valence-corrected chi connectivity index (χ4v) is 4.36. The maximum absolute atomic E-state index is 13.7. The van der Waals surface area contributed by atoms with E-state index in [9.17, 15) is 14.4 Å². The molecule has 212 valence electrons. The van der Waals surface area contributed by atoms with Crippen molar-refractivity contribution in [1.29, 1.82) is 0 Å². The van der Waals surface area contributed by atoms with Gasteiger partial charge in [0, 0.05) is 31.4 Å². The number of primary amides is 1. The summed E-state index contributed by atoms with van der Waals surface area (Å²) >= 11 is 0. The number of carbonyl (C=O) groups is 3. The van der Waals surface area contributed by atoms with Gasteiger partial charge in [-0.2, -0.15) is 5.10 Å². The topological polar surface area (TPSA) is 129 Å². The minimum Gasteiger partial charge on any atom is -0.497 e.